The molecule has 0 aliphatic heterocycles. The third-order valence-electron chi connectivity index (χ3n) is 2.99. The van der Waals surface area contributed by atoms with Crippen LogP contribution in [-0.2, 0) is 9.53 Å². The van der Waals surface area contributed by atoms with Gasteiger partial charge in [-0.25, -0.2) is 0 Å². The molecule has 0 heterocycles. The molecule has 0 aromatic carbocycles. The lowest BCUT2D eigenvalue weighted by Crippen LogP contribution is -2.48. The van der Waals surface area contributed by atoms with E-state index in [9.17, 15) is 20.1 Å². The normalized spacial score (nSPS) is 18.6. The Kier molecular flexibility index (Phi) is 10.4. The zero-order valence-electron chi connectivity index (χ0n) is 11.8. The van der Waals surface area contributed by atoms with E-state index < -0.39 is 49.6 Å². The van der Waals surface area contributed by atoms with Gasteiger partial charge in [0.15, 0.2) is 0 Å². The van der Waals surface area contributed by atoms with Gasteiger partial charge in [-0.05, 0) is 19.4 Å². The molecule has 0 bridgehead atoms. The minimum Gasteiger partial charge on any atom is -0.462 e. The highest BCUT2D eigenvalue weighted by molar-refractivity contribution is 5.75. The highest BCUT2D eigenvalue weighted by Gasteiger charge is 2.31. The van der Waals surface area contributed by atoms with Crippen LogP contribution < -0.4 is 11.5 Å². The quantitative estimate of drug-likeness (QED) is 0.150. The zero-order valence-corrected chi connectivity index (χ0v) is 11.8. The third-order valence-corrected chi connectivity index (χ3v) is 2.99. The van der Waals surface area contributed by atoms with Gasteiger partial charge in [-0.2, -0.15) is 0 Å². The first-order chi connectivity index (χ1) is 9.84. The van der Waals surface area contributed by atoms with Crippen LogP contribution in [0.5, 0.6) is 0 Å². The first kappa shape index (κ1) is 20.2. The molecule has 0 fully saturated rings. The summed E-state index contributed by atoms with van der Waals surface area (Å²) in [4.78, 5) is 11.5. The summed E-state index contributed by atoms with van der Waals surface area (Å²) in [5.41, 5.74) is 10.9. The molecule has 0 radical (unpaired) electrons. The van der Waals surface area contributed by atoms with Crippen molar-refractivity contribution < 1.29 is 35.1 Å². The highest BCUT2D eigenvalue weighted by Crippen LogP contribution is 2.07. The van der Waals surface area contributed by atoms with Crippen LogP contribution in [0.15, 0.2) is 0 Å². The maximum atomic E-state index is 11.5. The summed E-state index contributed by atoms with van der Waals surface area (Å²) in [5, 5.41) is 46.2. The molecule has 0 aliphatic carbocycles. The van der Waals surface area contributed by atoms with Crippen LogP contribution in [0, 0.1) is 0 Å². The van der Waals surface area contributed by atoms with Crippen molar-refractivity contribution in [2.75, 3.05) is 19.8 Å². The number of esters is 1. The molecule has 0 saturated carbocycles. The Labute approximate surface area is 123 Å². The van der Waals surface area contributed by atoms with Gasteiger partial charge in [0.25, 0.3) is 0 Å². The molecule has 0 rings (SSSR count). The number of carbonyl (C=O) groups is 1. The van der Waals surface area contributed by atoms with Crippen molar-refractivity contribution >= 4 is 5.97 Å². The summed E-state index contributed by atoms with van der Waals surface area (Å²) in [6.07, 6.45) is -4.96. The second-order valence-corrected chi connectivity index (χ2v) is 4.82. The molecular formula is C12H26N2O7. The SMILES string of the molecule is NCCCC[C@H](N)C(=O)OC[C@H](O)[C@@H](O)[C@@H](O)[C@H](O)CO. The van der Waals surface area contributed by atoms with Gasteiger partial charge in [0.1, 0.15) is 37.1 Å². The predicted molar refractivity (Wildman–Crippen MR) is 73.0 cm³/mol. The Bertz CT molecular complexity index is 293. The molecule has 0 spiro atoms. The maximum Gasteiger partial charge on any atom is 0.323 e. The van der Waals surface area contributed by atoms with Crippen LogP contribution in [0.2, 0.25) is 0 Å². The molecule has 0 unspecified atom stereocenters. The first-order valence-corrected chi connectivity index (χ1v) is 6.80. The van der Waals surface area contributed by atoms with Crippen molar-refractivity contribution in [1.29, 1.82) is 0 Å². The van der Waals surface area contributed by atoms with Gasteiger partial charge in [-0.1, -0.05) is 6.42 Å². The number of hydrogen-bond donors (Lipinski definition) is 7. The average molecular weight is 310 g/mol. The maximum absolute atomic E-state index is 11.5. The number of aliphatic hydroxyl groups is 5. The van der Waals surface area contributed by atoms with E-state index in [0.29, 0.717) is 19.4 Å². The number of unbranched alkanes of at least 4 members (excludes halogenated alkanes) is 1. The summed E-state index contributed by atoms with van der Waals surface area (Å²) in [5.74, 6) is -0.740. The van der Waals surface area contributed by atoms with Gasteiger partial charge in [-0.15, -0.1) is 0 Å². The van der Waals surface area contributed by atoms with Gasteiger partial charge >= 0.3 is 5.97 Å². The van der Waals surface area contributed by atoms with Crippen molar-refractivity contribution in [1.82, 2.24) is 0 Å². The van der Waals surface area contributed by atoms with Crippen molar-refractivity contribution in [2.45, 2.75) is 49.7 Å². The molecular weight excluding hydrogens is 284 g/mol. The lowest BCUT2D eigenvalue weighted by Gasteiger charge is -2.25. The number of rotatable bonds is 11. The Morgan fingerprint density at radius 2 is 1.62 bits per heavy atom. The van der Waals surface area contributed by atoms with Crippen LogP contribution in [0.3, 0.4) is 0 Å². The lowest BCUT2D eigenvalue weighted by atomic mass is 10.0. The average Bonchev–Trinajstić information content (AvgIpc) is 2.49. The second kappa shape index (κ2) is 10.9. The molecule has 126 valence electrons. The Morgan fingerprint density at radius 1 is 1.05 bits per heavy atom. The van der Waals surface area contributed by atoms with Crippen molar-refractivity contribution in [2.24, 2.45) is 11.5 Å². The van der Waals surface area contributed by atoms with E-state index in [2.05, 4.69) is 0 Å². The summed E-state index contributed by atoms with van der Waals surface area (Å²) < 4.78 is 4.72. The van der Waals surface area contributed by atoms with Gasteiger partial charge in [0.2, 0.25) is 0 Å². The standard InChI is InChI=1S/C12H26N2O7/c13-4-2-1-3-7(14)12(20)21-6-9(17)11(19)10(18)8(16)5-15/h7-11,15-19H,1-6,13-14H2/t7-,8+,9-,10-,11+/m0/s1. The lowest BCUT2D eigenvalue weighted by molar-refractivity contribution is -0.157. The van der Waals surface area contributed by atoms with Gasteiger partial charge in [0, 0.05) is 0 Å². The van der Waals surface area contributed by atoms with Crippen LogP contribution in [0.4, 0.5) is 0 Å². The van der Waals surface area contributed by atoms with Crippen molar-refractivity contribution in [3.63, 3.8) is 0 Å². The topological polar surface area (TPSA) is 179 Å². The van der Waals surface area contributed by atoms with Gasteiger partial charge < -0.3 is 41.7 Å². The minimum atomic E-state index is -1.77. The Balaban J connectivity index is 4.10. The monoisotopic (exact) mass is 310 g/mol. The summed E-state index contributed by atoms with van der Waals surface area (Å²) in [6.45, 7) is -0.867. The van der Waals surface area contributed by atoms with Crippen LogP contribution >= 0.6 is 0 Å². The zero-order chi connectivity index (χ0) is 16.4. The largest absolute Gasteiger partial charge is 0.462 e. The molecule has 0 aromatic heterocycles. The van der Waals surface area contributed by atoms with Crippen LogP contribution in [0.1, 0.15) is 19.3 Å². The van der Waals surface area contributed by atoms with Crippen LogP contribution in [-0.4, -0.2) is 81.7 Å². The van der Waals surface area contributed by atoms with E-state index in [4.69, 9.17) is 26.4 Å². The smallest absolute Gasteiger partial charge is 0.323 e. The molecule has 9 nitrogen and oxygen atoms in total. The molecule has 0 amide bonds. The van der Waals surface area contributed by atoms with E-state index in [1.54, 1.807) is 0 Å². The molecule has 9 heteroatoms. The van der Waals surface area contributed by atoms with E-state index in [-0.39, 0.29) is 0 Å². The van der Waals surface area contributed by atoms with Gasteiger partial charge in [0.05, 0.1) is 6.61 Å². The van der Waals surface area contributed by atoms with E-state index in [1.807, 2.05) is 0 Å². The fraction of sp³-hybridized carbons (Fsp3) is 0.917. The highest BCUT2D eigenvalue weighted by atomic mass is 16.5. The minimum absolute atomic E-state index is 0.389. The summed E-state index contributed by atoms with van der Waals surface area (Å²) in [6, 6.07) is -0.853. The Hall–Kier alpha value is -0.810. The summed E-state index contributed by atoms with van der Waals surface area (Å²) >= 11 is 0. The number of nitrogens with two attached hydrogens (primary N) is 2. The molecule has 0 aliphatic rings. The first-order valence-electron chi connectivity index (χ1n) is 6.80. The summed E-state index contributed by atoms with van der Waals surface area (Å²) in [7, 11) is 0. The molecule has 9 N–H and O–H groups in total. The fourth-order valence-corrected chi connectivity index (χ4v) is 1.56. The Morgan fingerprint density at radius 3 is 2.14 bits per heavy atom. The number of aliphatic hydroxyl groups excluding tert-OH is 5. The van der Waals surface area contributed by atoms with Crippen molar-refractivity contribution in [3.05, 3.63) is 0 Å². The molecule has 5 atom stereocenters. The number of ether oxygens (including phenoxy) is 1. The third kappa shape index (κ3) is 7.67. The van der Waals surface area contributed by atoms with E-state index >= 15 is 0 Å². The van der Waals surface area contributed by atoms with E-state index in [1.165, 1.54) is 0 Å². The van der Waals surface area contributed by atoms with Crippen LogP contribution in [0.25, 0.3) is 0 Å². The fourth-order valence-electron chi connectivity index (χ4n) is 1.56. The second-order valence-electron chi connectivity index (χ2n) is 4.82. The number of hydrogen-bond acceptors (Lipinski definition) is 9. The number of carbonyl (C=O) groups excluding carboxylic acids is 1. The van der Waals surface area contributed by atoms with E-state index in [0.717, 1.165) is 6.42 Å². The predicted octanol–water partition coefficient (Wildman–Crippen LogP) is -3.58. The molecule has 0 saturated heterocycles. The molecule has 21 heavy (non-hydrogen) atoms. The van der Waals surface area contributed by atoms with Gasteiger partial charge in [-0.3, -0.25) is 4.79 Å². The van der Waals surface area contributed by atoms with Crippen molar-refractivity contribution in [3.8, 4) is 0 Å². The molecule has 0 aromatic rings.